The normalized spacial score (nSPS) is 21.9. The third kappa shape index (κ3) is 3.13. The number of methoxy groups -OCH3 is 1. The molecule has 8 nitrogen and oxygen atoms in total. The first kappa shape index (κ1) is 16.1. The minimum atomic E-state index is -0.0268. The number of furan rings is 1. The van der Waals surface area contributed by atoms with Gasteiger partial charge in [-0.15, -0.1) is 10.2 Å². The number of urea groups is 1. The molecule has 25 heavy (non-hydrogen) atoms. The van der Waals surface area contributed by atoms with E-state index in [1.807, 2.05) is 17.0 Å². The van der Waals surface area contributed by atoms with E-state index >= 15 is 0 Å². The molecule has 0 saturated carbocycles. The van der Waals surface area contributed by atoms with Gasteiger partial charge in [0.2, 0.25) is 0 Å². The predicted molar refractivity (Wildman–Crippen MR) is 88.9 cm³/mol. The summed E-state index contributed by atoms with van der Waals surface area (Å²) in [5.74, 6) is 2.68. The fourth-order valence-electron chi connectivity index (χ4n) is 3.87. The standard InChI is InChI=1S/C17H23N5O3/c1-24-8-6-15-19-20-16-9-12-4-5-13(11-21(15)16)22(12)17(23)18-10-14-3-2-7-25-14/h2-3,7,12-13H,4-6,8-11H2,1H3,(H,18,23)/t12-,13+/m0/s1. The van der Waals surface area contributed by atoms with E-state index in [1.54, 1.807) is 13.4 Å². The molecule has 1 saturated heterocycles. The molecule has 0 aliphatic carbocycles. The molecule has 0 radical (unpaired) electrons. The van der Waals surface area contributed by atoms with Crippen molar-refractivity contribution < 1.29 is 13.9 Å². The molecule has 2 bridgehead atoms. The third-order valence-electron chi connectivity index (χ3n) is 5.09. The van der Waals surface area contributed by atoms with Crippen LogP contribution in [0.3, 0.4) is 0 Å². The highest BCUT2D eigenvalue weighted by Gasteiger charge is 2.41. The van der Waals surface area contributed by atoms with Gasteiger partial charge in [0.15, 0.2) is 0 Å². The lowest BCUT2D eigenvalue weighted by Crippen LogP contribution is -2.47. The van der Waals surface area contributed by atoms with E-state index < -0.39 is 0 Å². The van der Waals surface area contributed by atoms with Crippen LogP contribution < -0.4 is 5.32 Å². The van der Waals surface area contributed by atoms with E-state index in [1.165, 1.54) is 0 Å². The van der Waals surface area contributed by atoms with Crippen LogP contribution in [-0.2, 0) is 30.7 Å². The number of rotatable bonds is 5. The Morgan fingerprint density at radius 2 is 2.28 bits per heavy atom. The molecule has 1 fully saturated rings. The quantitative estimate of drug-likeness (QED) is 0.884. The van der Waals surface area contributed by atoms with Crippen LogP contribution in [0.5, 0.6) is 0 Å². The smallest absolute Gasteiger partial charge is 0.318 e. The maximum absolute atomic E-state index is 12.7. The summed E-state index contributed by atoms with van der Waals surface area (Å²) < 4.78 is 12.6. The maximum atomic E-state index is 12.7. The summed E-state index contributed by atoms with van der Waals surface area (Å²) in [6.45, 7) is 1.79. The second-order valence-electron chi connectivity index (χ2n) is 6.62. The van der Waals surface area contributed by atoms with Gasteiger partial charge in [-0.3, -0.25) is 0 Å². The van der Waals surface area contributed by atoms with Crippen molar-refractivity contribution in [2.24, 2.45) is 0 Å². The van der Waals surface area contributed by atoms with Gasteiger partial charge in [0.1, 0.15) is 17.4 Å². The van der Waals surface area contributed by atoms with Crippen molar-refractivity contribution in [1.82, 2.24) is 25.0 Å². The average molecular weight is 345 g/mol. The van der Waals surface area contributed by atoms with Crippen molar-refractivity contribution in [3.8, 4) is 0 Å². The van der Waals surface area contributed by atoms with Crippen LogP contribution in [0, 0.1) is 0 Å². The molecule has 134 valence electrons. The number of aromatic nitrogens is 3. The van der Waals surface area contributed by atoms with Gasteiger partial charge in [-0.1, -0.05) is 0 Å². The number of amides is 2. The van der Waals surface area contributed by atoms with E-state index in [-0.39, 0.29) is 18.1 Å². The Bertz CT molecular complexity index is 727. The fraction of sp³-hybridized carbons (Fsp3) is 0.588. The molecule has 4 rings (SSSR count). The molecule has 8 heteroatoms. The zero-order valence-corrected chi connectivity index (χ0v) is 14.4. The van der Waals surface area contributed by atoms with Crippen molar-refractivity contribution >= 4 is 6.03 Å². The molecule has 2 aromatic heterocycles. The highest BCUT2D eigenvalue weighted by atomic mass is 16.5. The third-order valence-corrected chi connectivity index (χ3v) is 5.09. The van der Waals surface area contributed by atoms with Gasteiger partial charge in [-0.25, -0.2) is 4.79 Å². The molecule has 2 amide bonds. The Hall–Kier alpha value is -2.35. The van der Waals surface area contributed by atoms with E-state index in [0.29, 0.717) is 13.2 Å². The Balaban J connectivity index is 1.47. The van der Waals surface area contributed by atoms with E-state index in [4.69, 9.17) is 9.15 Å². The number of fused-ring (bicyclic) bond motifs is 3. The zero-order chi connectivity index (χ0) is 17.2. The molecule has 1 N–H and O–H groups in total. The van der Waals surface area contributed by atoms with Crippen LogP contribution in [0.4, 0.5) is 4.79 Å². The second kappa shape index (κ2) is 6.87. The van der Waals surface area contributed by atoms with Gasteiger partial charge in [-0.05, 0) is 25.0 Å². The number of hydrogen-bond acceptors (Lipinski definition) is 5. The number of ether oxygens (including phenoxy) is 1. The average Bonchev–Trinajstić information content (AvgIpc) is 3.31. The summed E-state index contributed by atoms with van der Waals surface area (Å²) in [6, 6.07) is 4.02. The molecular weight excluding hydrogens is 322 g/mol. The van der Waals surface area contributed by atoms with Crippen molar-refractivity contribution in [2.45, 2.75) is 50.9 Å². The first-order valence-electron chi connectivity index (χ1n) is 8.74. The summed E-state index contributed by atoms with van der Waals surface area (Å²) >= 11 is 0. The number of carbonyl (C=O) groups excluding carboxylic acids is 1. The SMILES string of the molecule is COCCc1nnc2n1C[C@H]1CC[C@@H](C2)N1C(=O)NCc1ccco1. The fourth-order valence-corrected chi connectivity index (χ4v) is 3.87. The maximum Gasteiger partial charge on any atom is 0.318 e. The van der Waals surface area contributed by atoms with Crippen LogP contribution in [0.1, 0.15) is 30.3 Å². The van der Waals surface area contributed by atoms with Crippen LogP contribution >= 0.6 is 0 Å². The summed E-state index contributed by atoms with van der Waals surface area (Å²) in [5, 5.41) is 11.6. The summed E-state index contributed by atoms with van der Waals surface area (Å²) in [7, 11) is 1.69. The minimum absolute atomic E-state index is 0.0268. The number of nitrogens with zero attached hydrogens (tertiary/aromatic N) is 4. The predicted octanol–water partition coefficient (Wildman–Crippen LogP) is 1.36. The Morgan fingerprint density at radius 1 is 1.40 bits per heavy atom. The Morgan fingerprint density at radius 3 is 3.08 bits per heavy atom. The molecule has 0 spiro atoms. The molecule has 4 heterocycles. The first-order chi connectivity index (χ1) is 12.3. The molecule has 0 aromatic carbocycles. The highest BCUT2D eigenvalue weighted by molar-refractivity contribution is 5.75. The summed E-state index contributed by atoms with van der Waals surface area (Å²) in [5.41, 5.74) is 0. The summed E-state index contributed by atoms with van der Waals surface area (Å²) in [6.07, 6.45) is 5.14. The molecule has 0 unspecified atom stereocenters. The van der Waals surface area contributed by atoms with Gasteiger partial charge in [0, 0.05) is 32.5 Å². The van der Waals surface area contributed by atoms with Gasteiger partial charge >= 0.3 is 6.03 Å². The number of hydrogen-bond donors (Lipinski definition) is 1. The van der Waals surface area contributed by atoms with Crippen LogP contribution in [0.15, 0.2) is 22.8 Å². The van der Waals surface area contributed by atoms with Gasteiger partial charge in [0.25, 0.3) is 0 Å². The topological polar surface area (TPSA) is 85.4 Å². The lowest BCUT2D eigenvalue weighted by molar-refractivity contribution is 0.169. The van der Waals surface area contributed by atoms with Gasteiger partial charge in [0.05, 0.1) is 25.5 Å². The zero-order valence-electron chi connectivity index (χ0n) is 14.4. The van der Waals surface area contributed by atoms with Crippen LogP contribution in [0.25, 0.3) is 0 Å². The largest absolute Gasteiger partial charge is 0.467 e. The highest BCUT2D eigenvalue weighted by Crippen LogP contribution is 2.31. The van der Waals surface area contributed by atoms with E-state index in [0.717, 1.165) is 49.6 Å². The van der Waals surface area contributed by atoms with Gasteiger partial charge in [-0.2, -0.15) is 0 Å². The molecule has 2 aliphatic heterocycles. The number of carbonyl (C=O) groups is 1. The van der Waals surface area contributed by atoms with E-state index in [2.05, 4.69) is 20.1 Å². The van der Waals surface area contributed by atoms with Crippen molar-refractivity contribution in [1.29, 1.82) is 0 Å². The van der Waals surface area contributed by atoms with Crippen LogP contribution in [0.2, 0.25) is 0 Å². The minimum Gasteiger partial charge on any atom is -0.467 e. The van der Waals surface area contributed by atoms with Crippen molar-refractivity contribution in [3.05, 3.63) is 35.8 Å². The lowest BCUT2D eigenvalue weighted by atomic mass is 10.1. The second-order valence-corrected chi connectivity index (χ2v) is 6.62. The Kier molecular flexibility index (Phi) is 4.44. The van der Waals surface area contributed by atoms with Crippen molar-refractivity contribution in [3.63, 3.8) is 0 Å². The monoisotopic (exact) mass is 345 g/mol. The first-order valence-corrected chi connectivity index (χ1v) is 8.74. The van der Waals surface area contributed by atoms with E-state index in [9.17, 15) is 4.79 Å². The Labute approximate surface area is 146 Å². The lowest BCUT2D eigenvalue weighted by Gasteiger charge is -2.28. The van der Waals surface area contributed by atoms with Gasteiger partial charge < -0.3 is 23.9 Å². The van der Waals surface area contributed by atoms with Crippen molar-refractivity contribution in [2.75, 3.05) is 13.7 Å². The summed E-state index contributed by atoms with van der Waals surface area (Å²) in [4.78, 5) is 14.7. The number of nitrogens with one attached hydrogen (secondary N) is 1. The molecule has 2 atom stereocenters. The van der Waals surface area contributed by atoms with Crippen LogP contribution in [-0.4, -0.2) is 51.5 Å². The molecular formula is C17H23N5O3. The molecule has 2 aliphatic rings. The molecule has 2 aromatic rings.